The lowest BCUT2D eigenvalue weighted by molar-refractivity contribution is -0.393. The van der Waals surface area contributed by atoms with Crippen molar-refractivity contribution in [3.05, 3.63) is 44.0 Å². The predicted octanol–water partition coefficient (Wildman–Crippen LogP) is 1.94. The van der Waals surface area contributed by atoms with Crippen molar-refractivity contribution in [3.8, 4) is 0 Å². The van der Waals surface area contributed by atoms with Gasteiger partial charge in [-0.3, -0.25) is 20.2 Å². The van der Waals surface area contributed by atoms with Crippen LogP contribution in [0.4, 0.5) is 17.1 Å². The molecule has 100 valence electrons. The summed E-state index contributed by atoms with van der Waals surface area (Å²) >= 11 is 0. The fourth-order valence-electron chi connectivity index (χ4n) is 2.06. The molecule has 0 bridgehead atoms. The van der Waals surface area contributed by atoms with E-state index in [2.05, 4.69) is 0 Å². The van der Waals surface area contributed by atoms with Crippen molar-refractivity contribution >= 4 is 23.1 Å². The van der Waals surface area contributed by atoms with Crippen LogP contribution in [0.5, 0.6) is 0 Å². The Bertz CT molecular complexity index is 584. The summed E-state index contributed by atoms with van der Waals surface area (Å²) in [5.74, 6) is 0. The highest BCUT2D eigenvalue weighted by molar-refractivity contribution is 5.81. The van der Waals surface area contributed by atoms with E-state index in [0.29, 0.717) is 11.3 Å². The molecule has 1 aliphatic rings. The maximum absolute atomic E-state index is 11.1. The molecule has 1 heterocycles. The summed E-state index contributed by atoms with van der Waals surface area (Å²) in [6.07, 6.45) is 2.83. The van der Waals surface area contributed by atoms with Crippen LogP contribution in [-0.2, 0) is 4.74 Å². The third-order valence-electron chi connectivity index (χ3n) is 2.93. The minimum absolute atomic E-state index is 0.306. The summed E-state index contributed by atoms with van der Waals surface area (Å²) in [4.78, 5) is 22.2. The second-order valence-corrected chi connectivity index (χ2v) is 4.01. The van der Waals surface area contributed by atoms with Gasteiger partial charge >= 0.3 is 0 Å². The Hall–Kier alpha value is -2.48. The lowest BCUT2D eigenvalue weighted by Gasteiger charge is -2.30. The summed E-state index contributed by atoms with van der Waals surface area (Å²) in [6.45, 7) is 0. The van der Waals surface area contributed by atoms with E-state index in [1.807, 2.05) is 0 Å². The minimum atomic E-state index is -0.649. The molecule has 0 saturated carbocycles. The molecule has 0 spiro atoms. The van der Waals surface area contributed by atoms with Gasteiger partial charge in [-0.25, -0.2) is 0 Å². The van der Waals surface area contributed by atoms with Crippen molar-refractivity contribution in [2.45, 2.75) is 6.23 Å². The summed E-state index contributed by atoms with van der Waals surface area (Å²) in [7, 11) is 3.11. The Morgan fingerprint density at radius 3 is 2.47 bits per heavy atom. The SMILES string of the molecule is COC1C=Cc2cc([N+](=O)[O-])cc([N+](=O)[O-])c2N1C. The number of likely N-dealkylation sites (N-methyl/N-ethyl adjacent to an activating group) is 1. The number of hydrogen-bond donors (Lipinski definition) is 0. The molecular formula is C11H11N3O5. The first-order valence-electron chi connectivity index (χ1n) is 5.36. The molecule has 1 aromatic carbocycles. The number of hydrogen-bond acceptors (Lipinski definition) is 6. The van der Waals surface area contributed by atoms with Gasteiger partial charge in [0.05, 0.1) is 15.9 Å². The summed E-state index contributed by atoms with van der Waals surface area (Å²) in [5, 5.41) is 21.9. The van der Waals surface area contributed by atoms with Crippen LogP contribution in [0.15, 0.2) is 18.2 Å². The normalized spacial score (nSPS) is 17.2. The quantitative estimate of drug-likeness (QED) is 0.611. The van der Waals surface area contributed by atoms with E-state index in [1.54, 1.807) is 24.1 Å². The van der Waals surface area contributed by atoms with E-state index < -0.39 is 16.1 Å². The highest BCUT2D eigenvalue weighted by atomic mass is 16.6. The van der Waals surface area contributed by atoms with Gasteiger partial charge in [-0.2, -0.15) is 0 Å². The zero-order valence-electron chi connectivity index (χ0n) is 10.3. The van der Waals surface area contributed by atoms with Gasteiger partial charge in [-0.05, 0) is 6.08 Å². The lowest BCUT2D eigenvalue weighted by Crippen LogP contribution is -2.34. The van der Waals surface area contributed by atoms with E-state index in [0.717, 1.165) is 6.07 Å². The average molecular weight is 265 g/mol. The first kappa shape index (κ1) is 13.0. The van der Waals surface area contributed by atoms with Crippen molar-refractivity contribution in [3.63, 3.8) is 0 Å². The Balaban J connectivity index is 2.67. The van der Waals surface area contributed by atoms with Crippen molar-refractivity contribution < 1.29 is 14.6 Å². The van der Waals surface area contributed by atoms with Crippen LogP contribution in [0.25, 0.3) is 6.08 Å². The number of fused-ring (bicyclic) bond motifs is 1. The number of anilines is 1. The molecule has 19 heavy (non-hydrogen) atoms. The molecule has 0 amide bonds. The van der Waals surface area contributed by atoms with E-state index >= 15 is 0 Å². The molecule has 0 aromatic heterocycles. The van der Waals surface area contributed by atoms with Crippen LogP contribution in [0.3, 0.4) is 0 Å². The van der Waals surface area contributed by atoms with Crippen molar-refractivity contribution in [1.29, 1.82) is 0 Å². The molecule has 0 aliphatic carbocycles. The number of nitro groups is 2. The highest BCUT2D eigenvalue weighted by Crippen LogP contribution is 2.39. The topological polar surface area (TPSA) is 98.8 Å². The third kappa shape index (κ3) is 2.13. The molecule has 1 atom stereocenters. The molecule has 0 N–H and O–H groups in total. The van der Waals surface area contributed by atoms with Gasteiger partial charge in [0.25, 0.3) is 11.4 Å². The second kappa shape index (κ2) is 4.65. The fourth-order valence-corrected chi connectivity index (χ4v) is 2.06. The highest BCUT2D eigenvalue weighted by Gasteiger charge is 2.30. The first-order valence-corrected chi connectivity index (χ1v) is 5.36. The van der Waals surface area contributed by atoms with Crippen LogP contribution >= 0.6 is 0 Å². The van der Waals surface area contributed by atoms with E-state index in [1.165, 1.54) is 13.2 Å². The van der Waals surface area contributed by atoms with Crippen molar-refractivity contribution in [2.24, 2.45) is 0 Å². The summed E-state index contributed by atoms with van der Waals surface area (Å²) in [6, 6.07) is 2.27. The van der Waals surface area contributed by atoms with Crippen molar-refractivity contribution in [2.75, 3.05) is 19.1 Å². The molecule has 2 rings (SSSR count). The maximum Gasteiger partial charge on any atom is 0.300 e. The zero-order chi connectivity index (χ0) is 14.2. The molecule has 1 aromatic rings. The molecule has 0 radical (unpaired) electrons. The standard InChI is InChI=1S/C11H11N3O5/c1-12-10(19-2)4-3-7-5-8(13(15)16)6-9(11(7)12)14(17)18/h3-6,10H,1-2H3. The summed E-state index contributed by atoms with van der Waals surface area (Å²) in [5.41, 5.74) is 0.124. The number of methoxy groups -OCH3 is 1. The van der Waals surface area contributed by atoms with E-state index in [-0.39, 0.29) is 11.4 Å². The molecular weight excluding hydrogens is 254 g/mol. The van der Waals surface area contributed by atoms with Crippen LogP contribution < -0.4 is 4.90 Å². The molecule has 0 saturated heterocycles. The number of benzene rings is 1. The van der Waals surface area contributed by atoms with Gasteiger partial charge in [-0.15, -0.1) is 0 Å². The Morgan fingerprint density at radius 2 is 1.95 bits per heavy atom. The van der Waals surface area contributed by atoms with E-state index in [4.69, 9.17) is 4.74 Å². The third-order valence-corrected chi connectivity index (χ3v) is 2.93. The van der Waals surface area contributed by atoms with Gasteiger partial charge in [0, 0.05) is 25.8 Å². The number of non-ortho nitro benzene ring substituents is 1. The van der Waals surface area contributed by atoms with Crippen molar-refractivity contribution in [1.82, 2.24) is 0 Å². The molecule has 8 heteroatoms. The lowest BCUT2D eigenvalue weighted by atomic mass is 10.0. The Labute approximate surface area is 108 Å². The van der Waals surface area contributed by atoms with Crippen LogP contribution in [0, 0.1) is 20.2 Å². The van der Waals surface area contributed by atoms with Gasteiger partial charge in [-0.1, -0.05) is 6.08 Å². The maximum atomic E-state index is 11.1. The number of rotatable bonds is 3. The van der Waals surface area contributed by atoms with Gasteiger partial charge in [0.15, 0.2) is 0 Å². The zero-order valence-corrected chi connectivity index (χ0v) is 10.3. The molecule has 8 nitrogen and oxygen atoms in total. The van der Waals surface area contributed by atoms with Gasteiger partial charge in [0.1, 0.15) is 11.9 Å². The smallest absolute Gasteiger partial charge is 0.300 e. The molecule has 1 unspecified atom stereocenters. The fraction of sp³-hybridized carbons (Fsp3) is 0.273. The van der Waals surface area contributed by atoms with Crippen LogP contribution in [-0.4, -0.2) is 30.2 Å². The second-order valence-electron chi connectivity index (χ2n) is 4.01. The average Bonchev–Trinajstić information content (AvgIpc) is 2.37. The van der Waals surface area contributed by atoms with Crippen LogP contribution in [0.1, 0.15) is 5.56 Å². The summed E-state index contributed by atoms with van der Waals surface area (Å²) < 4.78 is 5.16. The predicted molar refractivity (Wildman–Crippen MR) is 68.0 cm³/mol. The first-order chi connectivity index (χ1) is 8.95. The number of nitro benzene ring substituents is 2. The molecule has 1 aliphatic heterocycles. The number of nitrogens with zero attached hydrogens (tertiary/aromatic N) is 3. The minimum Gasteiger partial charge on any atom is -0.358 e. The monoisotopic (exact) mass is 265 g/mol. The van der Waals surface area contributed by atoms with Gasteiger partial charge in [0.2, 0.25) is 0 Å². The van der Waals surface area contributed by atoms with E-state index in [9.17, 15) is 20.2 Å². The van der Waals surface area contributed by atoms with Gasteiger partial charge < -0.3 is 9.64 Å². The largest absolute Gasteiger partial charge is 0.358 e. The Morgan fingerprint density at radius 1 is 1.26 bits per heavy atom. The number of ether oxygens (including phenoxy) is 1. The Kier molecular flexibility index (Phi) is 3.17. The molecule has 0 fully saturated rings. The van der Waals surface area contributed by atoms with Crippen LogP contribution in [0.2, 0.25) is 0 Å².